The predicted molar refractivity (Wildman–Crippen MR) is 148 cm³/mol. The minimum absolute atomic E-state index is 0.0116. The first-order valence-corrected chi connectivity index (χ1v) is 12.9. The molecule has 186 valence electrons. The number of fused-ring (bicyclic) bond motifs is 2. The van der Waals surface area contributed by atoms with Crippen LogP contribution in [-0.2, 0) is 11.3 Å². The molecule has 1 aliphatic heterocycles. The average molecular weight is 483 g/mol. The second-order valence-corrected chi connectivity index (χ2v) is 9.67. The zero-order chi connectivity index (χ0) is 24.9. The lowest BCUT2D eigenvalue weighted by atomic mass is 10.1. The number of carbonyl (C=O) groups is 1. The fraction of sp³-hybridized carbons (Fsp3) is 0.333. The Bertz CT molecular complexity index is 1360. The SMILES string of the molecule is Cc1cccc(N2CCN(CCCCNC(=O)Cn3c4ccccc4c(=O)c4ccccc43)CC2)c1. The summed E-state index contributed by atoms with van der Waals surface area (Å²) in [5.41, 5.74) is 4.22. The van der Waals surface area contributed by atoms with Crippen LogP contribution in [0.1, 0.15) is 18.4 Å². The lowest BCUT2D eigenvalue weighted by Crippen LogP contribution is -2.46. The molecule has 0 saturated carbocycles. The van der Waals surface area contributed by atoms with Crippen LogP contribution in [0.15, 0.2) is 77.6 Å². The van der Waals surface area contributed by atoms with Crippen molar-refractivity contribution in [3.8, 4) is 0 Å². The Morgan fingerprint density at radius 2 is 1.50 bits per heavy atom. The number of para-hydroxylation sites is 2. The third-order valence-electron chi connectivity index (χ3n) is 7.14. The summed E-state index contributed by atoms with van der Waals surface area (Å²) in [6.07, 6.45) is 2.02. The Hall–Kier alpha value is -3.64. The summed E-state index contributed by atoms with van der Waals surface area (Å²) in [7, 11) is 0. The summed E-state index contributed by atoms with van der Waals surface area (Å²) in [5, 5.41) is 4.37. The van der Waals surface area contributed by atoms with Gasteiger partial charge in [0.2, 0.25) is 5.91 Å². The molecule has 36 heavy (non-hydrogen) atoms. The van der Waals surface area contributed by atoms with E-state index >= 15 is 0 Å². The minimum Gasteiger partial charge on any atom is -0.369 e. The highest BCUT2D eigenvalue weighted by atomic mass is 16.2. The van der Waals surface area contributed by atoms with Crippen molar-refractivity contribution in [3.05, 3.63) is 88.6 Å². The lowest BCUT2D eigenvalue weighted by Gasteiger charge is -2.36. The molecule has 0 radical (unpaired) electrons. The van der Waals surface area contributed by atoms with E-state index in [0.717, 1.165) is 56.6 Å². The maximum absolute atomic E-state index is 12.9. The van der Waals surface area contributed by atoms with Gasteiger partial charge < -0.3 is 14.8 Å². The van der Waals surface area contributed by atoms with Gasteiger partial charge in [0.05, 0.1) is 11.0 Å². The maximum Gasteiger partial charge on any atom is 0.239 e. The zero-order valence-electron chi connectivity index (χ0n) is 21.0. The first-order valence-electron chi connectivity index (χ1n) is 12.9. The molecule has 1 aliphatic rings. The molecule has 0 unspecified atom stereocenters. The highest BCUT2D eigenvalue weighted by Gasteiger charge is 2.17. The van der Waals surface area contributed by atoms with Crippen molar-refractivity contribution in [2.24, 2.45) is 0 Å². The van der Waals surface area contributed by atoms with Gasteiger partial charge in [-0.1, -0.05) is 36.4 Å². The van der Waals surface area contributed by atoms with Crippen LogP contribution in [0.2, 0.25) is 0 Å². The van der Waals surface area contributed by atoms with Gasteiger partial charge in [0.1, 0.15) is 6.54 Å². The molecule has 5 rings (SSSR count). The van der Waals surface area contributed by atoms with E-state index in [1.807, 2.05) is 53.1 Å². The molecule has 1 N–H and O–H groups in total. The van der Waals surface area contributed by atoms with E-state index in [-0.39, 0.29) is 17.9 Å². The van der Waals surface area contributed by atoms with Crippen molar-refractivity contribution >= 4 is 33.4 Å². The van der Waals surface area contributed by atoms with Crippen LogP contribution in [-0.4, -0.2) is 54.6 Å². The van der Waals surface area contributed by atoms with Gasteiger partial charge in [-0.3, -0.25) is 14.5 Å². The molecule has 1 fully saturated rings. The number of nitrogens with zero attached hydrogens (tertiary/aromatic N) is 3. The number of rotatable bonds is 8. The number of hydrogen-bond donors (Lipinski definition) is 1. The Kier molecular flexibility index (Phi) is 7.33. The highest BCUT2D eigenvalue weighted by molar-refractivity contribution is 5.94. The number of nitrogens with one attached hydrogen (secondary N) is 1. The molecular weight excluding hydrogens is 448 g/mol. The van der Waals surface area contributed by atoms with Gasteiger partial charge in [0.25, 0.3) is 0 Å². The topological polar surface area (TPSA) is 57.6 Å². The molecular formula is C30H34N4O2. The predicted octanol–water partition coefficient (Wildman–Crippen LogP) is 4.18. The van der Waals surface area contributed by atoms with E-state index in [9.17, 15) is 9.59 Å². The van der Waals surface area contributed by atoms with Gasteiger partial charge in [-0.05, 0) is 68.3 Å². The van der Waals surface area contributed by atoms with Crippen LogP contribution < -0.4 is 15.6 Å². The standard InChI is InChI=1S/C30H34N4O2/c1-23-9-8-10-24(21-23)33-19-17-32(18-20-33)16-7-6-15-31-29(35)22-34-27-13-4-2-11-25(27)30(36)26-12-3-5-14-28(26)34/h2-5,8-14,21H,6-7,15-20,22H2,1H3,(H,31,35). The lowest BCUT2D eigenvalue weighted by molar-refractivity contribution is -0.121. The number of unbranched alkanes of at least 4 members (excludes halogenated alkanes) is 1. The quantitative estimate of drug-likeness (QED) is 0.302. The summed E-state index contributed by atoms with van der Waals surface area (Å²) in [4.78, 5) is 30.7. The number of aryl methyl sites for hydroxylation is 1. The number of aromatic nitrogens is 1. The third kappa shape index (κ3) is 5.29. The smallest absolute Gasteiger partial charge is 0.239 e. The molecule has 6 nitrogen and oxygen atoms in total. The minimum atomic E-state index is -0.0271. The van der Waals surface area contributed by atoms with E-state index in [4.69, 9.17) is 0 Å². The van der Waals surface area contributed by atoms with E-state index < -0.39 is 0 Å². The number of pyridine rings is 1. The van der Waals surface area contributed by atoms with E-state index in [1.165, 1.54) is 11.3 Å². The Morgan fingerprint density at radius 1 is 0.833 bits per heavy atom. The molecule has 3 aromatic carbocycles. The summed E-state index contributed by atoms with van der Waals surface area (Å²) < 4.78 is 1.95. The first-order chi connectivity index (χ1) is 17.6. The normalized spacial score (nSPS) is 14.4. The number of piperazine rings is 1. The van der Waals surface area contributed by atoms with Crippen LogP contribution in [0.25, 0.3) is 21.8 Å². The van der Waals surface area contributed by atoms with Gasteiger partial charge in [0.15, 0.2) is 5.43 Å². The van der Waals surface area contributed by atoms with Crippen molar-refractivity contribution in [3.63, 3.8) is 0 Å². The summed E-state index contributed by atoms with van der Waals surface area (Å²) in [6, 6.07) is 23.8. The van der Waals surface area contributed by atoms with E-state index in [1.54, 1.807) is 0 Å². The first kappa shape index (κ1) is 24.1. The summed E-state index contributed by atoms with van der Waals surface area (Å²) in [5.74, 6) is -0.0271. The number of benzene rings is 3. The molecule has 0 aliphatic carbocycles. The van der Waals surface area contributed by atoms with Crippen molar-refractivity contribution < 1.29 is 4.79 Å². The fourth-order valence-corrected chi connectivity index (χ4v) is 5.19. The number of amides is 1. The van der Waals surface area contributed by atoms with Crippen molar-refractivity contribution in [1.29, 1.82) is 0 Å². The maximum atomic E-state index is 12.9. The molecule has 0 spiro atoms. The number of carbonyl (C=O) groups excluding carboxylic acids is 1. The molecule has 1 saturated heterocycles. The molecule has 0 bridgehead atoms. The number of hydrogen-bond acceptors (Lipinski definition) is 4. The fourth-order valence-electron chi connectivity index (χ4n) is 5.19. The van der Waals surface area contributed by atoms with E-state index in [0.29, 0.717) is 17.3 Å². The van der Waals surface area contributed by atoms with Gasteiger partial charge >= 0.3 is 0 Å². The van der Waals surface area contributed by atoms with Crippen LogP contribution in [0.5, 0.6) is 0 Å². The second-order valence-electron chi connectivity index (χ2n) is 9.67. The van der Waals surface area contributed by atoms with Crippen LogP contribution >= 0.6 is 0 Å². The van der Waals surface area contributed by atoms with Crippen molar-refractivity contribution in [1.82, 2.24) is 14.8 Å². The Labute approximate surface area is 212 Å². The van der Waals surface area contributed by atoms with Gasteiger partial charge in [-0.2, -0.15) is 0 Å². The molecule has 6 heteroatoms. The molecule has 1 aromatic heterocycles. The van der Waals surface area contributed by atoms with Crippen LogP contribution in [0.4, 0.5) is 5.69 Å². The van der Waals surface area contributed by atoms with Gasteiger partial charge in [-0.25, -0.2) is 0 Å². The molecule has 2 heterocycles. The monoisotopic (exact) mass is 482 g/mol. The van der Waals surface area contributed by atoms with Crippen LogP contribution in [0.3, 0.4) is 0 Å². The summed E-state index contributed by atoms with van der Waals surface area (Å²) in [6.45, 7) is 8.33. The zero-order valence-corrected chi connectivity index (χ0v) is 21.0. The summed E-state index contributed by atoms with van der Waals surface area (Å²) >= 11 is 0. The second kappa shape index (κ2) is 11.0. The van der Waals surface area contributed by atoms with Crippen LogP contribution in [0, 0.1) is 6.92 Å². The largest absolute Gasteiger partial charge is 0.369 e. The third-order valence-corrected chi connectivity index (χ3v) is 7.14. The molecule has 0 atom stereocenters. The Morgan fingerprint density at radius 3 is 2.17 bits per heavy atom. The van der Waals surface area contributed by atoms with Crippen molar-refractivity contribution in [2.45, 2.75) is 26.3 Å². The highest BCUT2D eigenvalue weighted by Crippen LogP contribution is 2.19. The number of anilines is 1. The van der Waals surface area contributed by atoms with E-state index in [2.05, 4.69) is 46.3 Å². The van der Waals surface area contributed by atoms with Gasteiger partial charge in [-0.15, -0.1) is 0 Å². The Balaban J connectivity index is 1.10. The molecule has 1 amide bonds. The van der Waals surface area contributed by atoms with Gasteiger partial charge in [0, 0.05) is 49.2 Å². The van der Waals surface area contributed by atoms with Crippen molar-refractivity contribution in [2.75, 3.05) is 44.2 Å². The average Bonchev–Trinajstić information content (AvgIpc) is 2.91. The molecule has 4 aromatic rings.